The summed E-state index contributed by atoms with van der Waals surface area (Å²) in [5.41, 5.74) is 9.75. The third-order valence-electron chi connectivity index (χ3n) is 6.09. The van der Waals surface area contributed by atoms with E-state index in [0.717, 1.165) is 27.8 Å². The monoisotopic (exact) mass is 430 g/mol. The van der Waals surface area contributed by atoms with Gasteiger partial charge in [0.25, 0.3) is 6.02 Å². The quantitative estimate of drug-likeness (QED) is 0.665. The van der Waals surface area contributed by atoms with Crippen molar-refractivity contribution in [2.24, 2.45) is 10.7 Å². The van der Waals surface area contributed by atoms with E-state index < -0.39 is 5.54 Å². The Morgan fingerprint density at radius 1 is 1.00 bits per heavy atom. The normalized spacial score (nSPS) is 21.2. The minimum atomic E-state index is -0.938. The maximum absolute atomic E-state index is 15.1. The molecule has 2 N–H and O–H groups in total. The number of amidine groups is 1. The highest BCUT2D eigenvalue weighted by molar-refractivity contribution is 5.79. The molecule has 0 fully saturated rings. The first-order valence-corrected chi connectivity index (χ1v) is 10.3. The first-order valence-electron chi connectivity index (χ1n) is 10.3. The van der Waals surface area contributed by atoms with Gasteiger partial charge in [-0.1, -0.05) is 12.1 Å². The standard InChI is InChI=1S/C24H19FN4O3/c25-20-9-22-19(8-17(20)14-3-5-30-6-4-14)24(12-31-23(26)29-24)18-7-15(1-2-21(18)32-22)16-10-27-13-28-11-16/h1-3,7-11,13H,4-6,12H2,(H2,26,29)/t24-/m1/s1. The van der Waals surface area contributed by atoms with Crippen LogP contribution in [0.4, 0.5) is 4.39 Å². The van der Waals surface area contributed by atoms with Crippen LogP contribution in [0.15, 0.2) is 60.1 Å². The molecule has 2 aromatic carbocycles. The predicted molar refractivity (Wildman–Crippen MR) is 116 cm³/mol. The Morgan fingerprint density at radius 3 is 2.59 bits per heavy atom. The number of nitrogens with two attached hydrogens (primary N) is 1. The van der Waals surface area contributed by atoms with Crippen molar-refractivity contribution in [3.8, 4) is 22.6 Å². The lowest BCUT2D eigenvalue weighted by atomic mass is 9.79. The molecule has 4 heterocycles. The van der Waals surface area contributed by atoms with Crippen molar-refractivity contribution in [3.05, 3.63) is 77.6 Å². The molecule has 0 saturated heterocycles. The number of benzene rings is 2. The number of aromatic nitrogens is 2. The minimum absolute atomic E-state index is 0.0911. The molecule has 6 rings (SSSR count). The highest BCUT2D eigenvalue weighted by Gasteiger charge is 2.47. The lowest BCUT2D eigenvalue weighted by Gasteiger charge is -2.34. The molecule has 3 aliphatic heterocycles. The van der Waals surface area contributed by atoms with E-state index in [9.17, 15) is 0 Å². The Balaban J connectivity index is 1.56. The molecule has 7 nitrogen and oxygen atoms in total. The van der Waals surface area contributed by atoms with Crippen molar-refractivity contribution in [1.82, 2.24) is 9.97 Å². The molecule has 0 saturated carbocycles. The van der Waals surface area contributed by atoms with E-state index in [1.807, 2.05) is 30.3 Å². The Morgan fingerprint density at radius 2 is 1.84 bits per heavy atom. The van der Waals surface area contributed by atoms with E-state index in [0.29, 0.717) is 36.7 Å². The second-order valence-electron chi connectivity index (χ2n) is 7.92. The van der Waals surface area contributed by atoms with Gasteiger partial charge in [-0.2, -0.15) is 0 Å². The SMILES string of the molecule is NC1=N[C@]2(CO1)c1cc(-c3cncnc3)ccc1Oc1cc(F)c(C3=CCOCC3)cc12. The van der Waals surface area contributed by atoms with Crippen LogP contribution in [-0.4, -0.2) is 35.8 Å². The number of nitrogens with zero attached hydrogens (tertiary/aromatic N) is 3. The van der Waals surface area contributed by atoms with Gasteiger partial charge in [-0.15, -0.1) is 0 Å². The van der Waals surface area contributed by atoms with Crippen LogP contribution >= 0.6 is 0 Å². The minimum Gasteiger partial charge on any atom is -0.462 e. The fourth-order valence-electron chi connectivity index (χ4n) is 4.52. The molecule has 160 valence electrons. The van der Waals surface area contributed by atoms with Crippen molar-refractivity contribution in [3.63, 3.8) is 0 Å². The average molecular weight is 430 g/mol. The lowest BCUT2D eigenvalue weighted by Crippen LogP contribution is -2.31. The molecule has 32 heavy (non-hydrogen) atoms. The second-order valence-corrected chi connectivity index (χ2v) is 7.92. The molecule has 1 spiro atoms. The van der Waals surface area contributed by atoms with Crippen LogP contribution in [0.1, 0.15) is 23.1 Å². The first kappa shape index (κ1) is 18.9. The molecule has 0 bridgehead atoms. The van der Waals surface area contributed by atoms with Crippen LogP contribution in [0.2, 0.25) is 0 Å². The molecule has 0 unspecified atom stereocenters. The maximum atomic E-state index is 15.1. The van der Waals surface area contributed by atoms with Crippen molar-refractivity contribution in [1.29, 1.82) is 0 Å². The summed E-state index contributed by atoms with van der Waals surface area (Å²) >= 11 is 0. The maximum Gasteiger partial charge on any atom is 0.283 e. The van der Waals surface area contributed by atoms with Crippen molar-refractivity contribution in [2.75, 3.05) is 19.8 Å². The number of halogens is 1. The number of fused-ring (bicyclic) bond motifs is 4. The first-order chi connectivity index (χ1) is 15.6. The van der Waals surface area contributed by atoms with E-state index in [1.165, 1.54) is 12.4 Å². The zero-order chi connectivity index (χ0) is 21.7. The molecule has 1 atom stereocenters. The summed E-state index contributed by atoms with van der Waals surface area (Å²) < 4.78 is 32.3. The molecule has 0 amide bonds. The zero-order valence-corrected chi connectivity index (χ0v) is 17.0. The van der Waals surface area contributed by atoms with Gasteiger partial charge in [0.1, 0.15) is 30.3 Å². The average Bonchev–Trinajstić information content (AvgIpc) is 3.22. The van der Waals surface area contributed by atoms with Crippen molar-refractivity contribution >= 4 is 11.6 Å². The molecule has 1 aromatic heterocycles. The number of rotatable bonds is 2. The number of hydrogen-bond donors (Lipinski definition) is 1. The smallest absolute Gasteiger partial charge is 0.283 e. The summed E-state index contributed by atoms with van der Waals surface area (Å²) in [7, 11) is 0. The van der Waals surface area contributed by atoms with E-state index in [-0.39, 0.29) is 18.4 Å². The van der Waals surface area contributed by atoms with Crippen LogP contribution in [0, 0.1) is 5.82 Å². The van der Waals surface area contributed by atoms with E-state index in [1.54, 1.807) is 12.4 Å². The summed E-state index contributed by atoms with van der Waals surface area (Å²) in [5.74, 6) is 0.645. The predicted octanol–water partition coefficient (Wildman–Crippen LogP) is 3.78. The Kier molecular flexibility index (Phi) is 4.22. The van der Waals surface area contributed by atoms with E-state index in [4.69, 9.17) is 24.9 Å². The van der Waals surface area contributed by atoms with Crippen molar-refractivity contribution < 1.29 is 18.6 Å². The van der Waals surface area contributed by atoms with Gasteiger partial charge in [0, 0.05) is 40.7 Å². The van der Waals surface area contributed by atoms with Gasteiger partial charge in [0.15, 0.2) is 5.54 Å². The molecular weight excluding hydrogens is 411 g/mol. The zero-order valence-electron chi connectivity index (χ0n) is 17.0. The van der Waals surface area contributed by atoms with Gasteiger partial charge in [-0.3, -0.25) is 0 Å². The summed E-state index contributed by atoms with van der Waals surface area (Å²) in [4.78, 5) is 12.9. The van der Waals surface area contributed by atoms with Gasteiger partial charge >= 0.3 is 0 Å². The third kappa shape index (κ3) is 2.87. The fourth-order valence-corrected chi connectivity index (χ4v) is 4.52. The molecule has 8 heteroatoms. The van der Waals surface area contributed by atoms with E-state index >= 15 is 4.39 Å². The van der Waals surface area contributed by atoms with Gasteiger partial charge in [0.2, 0.25) is 0 Å². The largest absolute Gasteiger partial charge is 0.462 e. The highest BCUT2D eigenvalue weighted by Crippen LogP contribution is 2.52. The summed E-state index contributed by atoms with van der Waals surface area (Å²) in [6, 6.07) is 9.08. The third-order valence-corrected chi connectivity index (χ3v) is 6.09. The molecular formula is C24H19FN4O3. The topological polar surface area (TPSA) is 91.9 Å². The highest BCUT2D eigenvalue weighted by atomic mass is 19.1. The van der Waals surface area contributed by atoms with Gasteiger partial charge in [-0.05, 0) is 35.8 Å². The van der Waals surface area contributed by atoms with Crippen LogP contribution in [0.25, 0.3) is 16.7 Å². The van der Waals surface area contributed by atoms with Gasteiger partial charge in [0.05, 0.1) is 13.2 Å². The lowest BCUT2D eigenvalue weighted by molar-refractivity contribution is 0.161. The molecule has 3 aromatic rings. The second kappa shape index (κ2) is 7.13. The van der Waals surface area contributed by atoms with Gasteiger partial charge in [-0.25, -0.2) is 19.4 Å². The van der Waals surface area contributed by atoms with Crippen LogP contribution in [-0.2, 0) is 15.0 Å². The van der Waals surface area contributed by atoms with Crippen molar-refractivity contribution in [2.45, 2.75) is 12.0 Å². The number of hydrogen-bond acceptors (Lipinski definition) is 7. The summed E-state index contributed by atoms with van der Waals surface area (Å²) in [5, 5.41) is 0. The summed E-state index contributed by atoms with van der Waals surface area (Å²) in [6.45, 7) is 1.22. The van der Waals surface area contributed by atoms with E-state index in [2.05, 4.69) is 9.97 Å². The van der Waals surface area contributed by atoms with Crippen LogP contribution in [0.5, 0.6) is 11.5 Å². The Hall–Kier alpha value is -3.78. The Labute approximate surface area is 183 Å². The van der Waals surface area contributed by atoms with Crippen LogP contribution < -0.4 is 10.5 Å². The number of ether oxygens (including phenoxy) is 3. The molecule has 3 aliphatic rings. The fraction of sp³-hybridized carbons (Fsp3) is 0.208. The van der Waals surface area contributed by atoms with Crippen LogP contribution in [0.3, 0.4) is 0 Å². The van der Waals surface area contributed by atoms with Gasteiger partial charge < -0.3 is 19.9 Å². The summed E-state index contributed by atoms with van der Waals surface area (Å²) in [6.07, 6.45) is 7.52. The molecule has 0 radical (unpaired) electrons. The Bertz CT molecular complexity index is 1290. The number of aliphatic imine (C=N–C) groups is 1. The molecule has 0 aliphatic carbocycles.